The molecule has 0 bridgehead atoms. The molecule has 3 rings (SSSR count). The number of likely N-dealkylation sites (N-methyl/N-ethyl adjacent to an activating group) is 2. The maximum absolute atomic E-state index is 12.1. The Hall–Kier alpha value is -1.96. The van der Waals surface area contributed by atoms with Crippen molar-refractivity contribution in [2.45, 2.75) is 31.7 Å². The molecule has 0 spiro atoms. The fourth-order valence-electron chi connectivity index (χ4n) is 3.22. The average molecular weight is 321 g/mol. The monoisotopic (exact) mass is 321 g/mol. The van der Waals surface area contributed by atoms with Crippen LogP contribution in [0.2, 0.25) is 0 Å². The number of hydrogen-bond donors (Lipinski definition) is 0. The van der Waals surface area contributed by atoms with E-state index < -0.39 is 6.04 Å². The summed E-state index contributed by atoms with van der Waals surface area (Å²) in [4.78, 5) is 33.1. The number of hydrogen-bond acceptors (Lipinski definition) is 6. The van der Waals surface area contributed by atoms with Gasteiger partial charge in [-0.2, -0.15) is 4.98 Å². The van der Waals surface area contributed by atoms with E-state index in [1.807, 2.05) is 0 Å². The Labute approximate surface area is 135 Å². The highest BCUT2D eigenvalue weighted by Crippen LogP contribution is 2.21. The van der Waals surface area contributed by atoms with Crippen LogP contribution in [0.3, 0.4) is 0 Å². The number of rotatable bonds is 4. The maximum Gasteiger partial charge on any atom is 0.326 e. The molecular formula is C15H23N5O3. The molecule has 3 amide bonds. The number of imide groups is 1. The van der Waals surface area contributed by atoms with E-state index >= 15 is 0 Å². The minimum absolute atomic E-state index is 0.229. The Bertz CT molecular complexity index is 594. The molecule has 126 valence electrons. The molecule has 1 aromatic rings. The first-order valence-corrected chi connectivity index (χ1v) is 8.00. The van der Waals surface area contributed by atoms with Crippen LogP contribution in [-0.2, 0) is 17.6 Å². The van der Waals surface area contributed by atoms with E-state index in [4.69, 9.17) is 4.52 Å². The summed E-state index contributed by atoms with van der Waals surface area (Å²) in [5.74, 6) is 1.47. The Morgan fingerprint density at radius 2 is 1.83 bits per heavy atom. The molecule has 8 nitrogen and oxygen atoms in total. The Morgan fingerprint density at radius 1 is 1.13 bits per heavy atom. The van der Waals surface area contributed by atoms with Gasteiger partial charge in [0.1, 0.15) is 6.04 Å². The lowest BCUT2D eigenvalue weighted by Crippen LogP contribution is -2.33. The molecule has 1 aromatic heterocycles. The molecule has 3 heterocycles. The fraction of sp³-hybridized carbons (Fsp3) is 0.733. The quantitative estimate of drug-likeness (QED) is 0.746. The summed E-state index contributed by atoms with van der Waals surface area (Å²) in [6, 6.07) is -0.852. The molecule has 0 N–H and O–H groups in total. The highest BCUT2D eigenvalue weighted by Gasteiger charge is 2.41. The molecule has 0 radical (unpaired) electrons. The van der Waals surface area contributed by atoms with Crippen molar-refractivity contribution in [2.24, 2.45) is 5.92 Å². The van der Waals surface area contributed by atoms with E-state index in [9.17, 15) is 9.59 Å². The van der Waals surface area contributed by atoms with Gasteiger partial charge in [0.15, 0.2) is 5.82 Å². The van der Waals surface area contributed by atoms with E-state index in [-0.39, 0.29) is 18.4 Å². The van der Waals surface area contributed by atoms with Crippen LogP contribution in [0.15, 0.2) is 4.52 Å². The lowest BCUT2D eigenvalue weighted by molar-refractivity contribution is -0.127. The highest BCUT2D eigenvalue weighted by atomic mass is 16.5. The number of urea groups is 1. The van der Waals surface area contributed by atoms with E-state index in [2.05, 4.69) is 22.1 Å². The van der Waals surface area contributed by atoms with Crippen molar-refractivity contribution in [3.8, 4) is 0 Å². The Morgan fingerprint density at radius 3 is 2.43 bits per heavy atom. The van der Waals surface area contributed by atoms with Gasteiger partial charge in [-0.3, -0.25) is 9.69 Å². The molecule has 23 heavy (non-hydrogen) atoms. The minimum atomic E-state index is -0.552. The molecular weight excluding hydrogens is 298 g/mol. The first kappa shape index (κ1) is 15.9. The van der Waals surface area contributed by atoms with Gasteiger partial charge in [0.25, 0.3) is 5.91 Å². The molecule has 2 aliphatic rings. The van der Waals surface area contributed by atoms with Crippen molar-refractivity contribution in [1.82, 2.24) is 24.8 Å². The van der Waals surface area contributed by atoms with Crippen molar-refractivity contribution >= 4 is 11.9 Å². The standard InChI is InChI=1S/C15H23N5O3/c1-18-6-4-10(5-7-18)8-12-16-13(23-17-12)9-11-14(21)20(3)15(22)19(11)2/h10-11H,4-9H2,1-3H3. The molecule has 0 aromatic carbocycles. The summed E-state index contributed by atoms with van der Waals surface area (Å²) in [6.07, 6.45) is 3.36. The lowest BCUT2D eigenvalue weighted by atomic mass is 9.94. The van der Waals surface area contributed by atoms with Crippen LogP contribution in [0, 0.1) is 5.92 Å². The number of piperidine rings is 1. The number of likely N-dealkylation sites (tertiary alicyclic amines) is 1. The highest BCUT2D eigenvalue weighted by molar-refractivity contribution is 6.03. The van der Waals surface area contributed by atoms with E-state index in [0.29, 0.717) is 17.6 Å². The molecule has 2 fully saturated rings. The second kappa shape index (κ2) is 6.27. The van der Waals surface area contributed by atoms with Crippen LogP contribution in [-0.4, -0.2) is 77.1 Å². The van der Waals surface area contributed by atoms with Gasteiger partial charge in [-0.05, 0) is 38.9 Å². The smallest absolute Gasteiger partial charge is 0.326 e. The van der Waals surface area contributed by atoms with Crippen LogP contribution < -0.4 is 0 Å². The van der Waals surface area contributed by atoms with Gasteiger partial charge in [0.2, 0.25) is 5.89 Å². The van der Waals surface area contributed by atoms with Crippen molar-refractivity contribution in [2.75, 3.05) is 34.2 Å². The van der Waals surface area contributed by atoms with Gasteiger partial charge >= 0.3 is 6.03 Å². The van der Waals surface area contributed by atoms with Gasteiger partial charge in [-0.1, -0.05) is 5.16 Å². The molecule has 2 aliphatic heterocycles. The summed E-state index contributed by atoms with van der Waals surface area (Å²) in [5.41, 5.74) is 0. The van der Waals surface area contributed by atoms with Gasteiger partial charge in [-0.25, -0.2) is 4.79 Å². The summed E-state index contributed by atoms with van der Waals surface area (Å²) in [7, 11) is 5.24. The van der Waals surface area contributed by atoms with E-state index in [1.165, 1.54) is 11.9 Å². The van der Waals surface area contributed by atoms with Crippen LogP contribution in [0.4, 0.5) is 4.79 Å². The van der Waals surface area contributed by atoms with E-state index in [1.54, 1.807) is 7.05 Å². The summed E-state index contributed by atoms with van der Waals surface area (Å²) in [6.45, 7) is 2.20. The van der Waals surface area contributed by atoms with Crippen molar-refractivity contribution < 1.29 is 14.1 Å². The number of nitrogens with zero attached hydrogens (tertiary/aromatic N) is 5. The Balaban J connectivity index is 1.59. The topological polar surface area (TPSA) is 82.8 Å². The third-order valence-electron chi connectivity index (χ3n) is 4.86. The lowest BCUT2D eigenvalue weighted by Gasteiger charge is -2.28. The zero-order valence-corrected chi connectivity index (χ0v) is 13.9. The van der Waals surface area contributed by atoms with Crippen LogP contribution in [0.1, 0.15) is 24.6 Å². The number of amides is 3. The normalized spacial score (nSPS) is 24.0. The summed E-state index contributed by atoms with van der Waals surface area (Å²) < 4.78 is 5.28. The Kier molecular flexibility index (Phi) is 4.34. The maximum atomic E-state index is 12.1. The van der Waals surface area contributed by atoms with Gasteiger partial charge in [0.05, 0.1) is 6.42 Å². The predicted molar refractivity (Wildman–Crippen MR) is 81.6 cm³/mol. The third kappa shape index (κ3) is 3.21. The van der Waals surface area contributed by atoms with Gasteiger partial charge < -0.3 is 14.3 Å². The first-order chi connectivity index (χ1) is 11.0. The van der Waals surface area contributed by atoms with Crippen molar-refractivity contribution in [3.05, 3.63) is 11.7 Å². The largest absolute Gasteiger partial charge is 0.339 e. The van der Waals surface area contributed by atoms with Gasteiger partial charge in [-0.15, -0.1) is 0 Å². The summed E-state index contributed by atoms with van der Waals surface area (Å²) >= 11 is 0. The van der Waals surface area contributed by atoms with Gasteiger partial charge in [0, 0.05) is 20.5 Å². The van der Waals surface area contributed by atoms with Crippen molar-refractivity contribution in [3.63, 3.8) is 0 Å². The van der Waals surface area contributed by atoms with Crippen LogP contribution >= 0.6 is 0 Å². The number of carbonyl (C=O) groups excluding carboxylic acids is 2. The average Bonchev–Trinajstić information content (AvgIpc) is 3.05. The van der Waals surface area contributed by atoms with E-state index in [0.717, 1.165) is 37.3 Å². The molecule has 1 atom stereocenters. The minimum Gasteiger partial charge on any atom is -0.339 e. The first-order valence-electron chi connectivity index (χ1n) is 8.00. The third-order valence-corrected chi connectivity index (χ3v) is 4.86. The fourth-order valence-corrected chi connectivity index (χ4v) is 3.22. The molecule has 2 saturated heterocycles. The number of carbonyl (C=O) groups is 2. The zero-order chi connectivity index (χ0) is 16.6. The molecule has 8 heteroatoms. The molecule has 0 aliphatic carbocycles. The van der Waals surface area contributed by atoms with Crippen LogP contribution in [0.25, 0.3) is 0 Å². The summed E-state index contributed by atoms with van der Waals surface area (Å²) in [5, 5.41) is 4.03. The number of aromatic nitrogens is 2. The molecule has 0 saturated carbocycles. The van der Waals surface area contributed by atoms with Crippen molar-refractivity contribution in [1.29, 1.82) is 0 Å². The second-order valence-electron chi connectivity index (χ2n) is 6.57. The van der Waals surface area contributed by atoms with Crippen LogP contribution in [0.5, 0.6) is 0 Å². The SMILES string of the molecule is CN1CCC(Cc2noc(CC3C(=O)N(C)C(=O)N3C)n2)CC1. The molecule has 1 unspecified atom stereocenters. The zero-order valence-electron chi connectivity index (χ0n) is 13.9. The second-order valence-corrected chi connectivity index (χ2v) is 6.57. The predicted octanol–water partition coefficient (Wildman–Crippen LogP) is 0.389.